The maximum atomic E-state index is 12.9. The van der Waals surface area contributed by atoms with Crippen molar-refractivity contribution in [2.45, 2.75) is 38.0 Å². The van der Waals surface area contributed by atoms with Crippen LogP contribution in [0.3, 0.4) is 0 Å². The summed E-state index contributed by atoms with van der Waals surface area (Å²) in [6, 6.07) is 0.160. The van der Waals surface area contributed by atoms with Crippen LogP contribution in [0.25, 0.3) is 0 Å². The van der Waals surface area contributed by atoms with Crippen LogP contribution < -0.4 is 4.72 Å². The third-order valence-corrected chi connectivity index (χ3v) is 4.74. The minimum Gasteiger partial charge on any atom is -0.283 e. The lowest BCUT2D eigenvalue weighted by Crippen LogP contribution is -2.24. The van der Waals surface area contributed by atoms with Gasteiger partial charge < -0.3 is 0 Å². The molecule has 0 aromatic heterocycles. The van der Waals surface area contributed by atoms with E-state index in [0.29, 0.717) is 5.57 Å². The zero-order chi connectivity index (χ0) is 21.0. The number of benzene rings is 1. The highest BCUT2D eigenvalue weighted by atomic mass is 32.2. The molecule has 0 aliphatic heterocycles. The van der Waals surface area contributed by atoms with Gasteiger partial charge in [0, 0.05) is 18.1 Å². The van der Waals surface area contributed by atoms with Crippen LogP contribution in [0.5, 0.6) is 0 Å². The number of nitrogens with one attached hydrogen (secondary N) is 1. The Morgan fingerprint density at radius 2 is 1.48 bits per heavy atom. The summed E-state index contributed by atoms with van der Waals surface area (Å²) in [6.45, 7) is 4.45. The number of aliphatic imine (C=N–C) groups is 1. The van der Waals surface area contributed by atoms with Crippen molar-refractivity contribution in [3.63, 3.8) is 0 Å². The molecule has 1 N–H and O–H groups in total. The second kappa shape index (κ2) is 8.15. The number of nitrogens with zero attached hydrogens (tertiary/aromatic N) is 1. The van der Waals surface area contributed by atoms with Gasteiger partial charge in [-0.15, -0.1) is 0 Å². The molecule has 0 atom stereocenters. The van der Waals surface area contributed by atoms with E-state index < -0.39 is 38.4 Å². The topological polar surface area (TPSA) is 58.5 Å². The molecule has 0 aliphatic rings. The summed E-state index contributed by atoms with van der Waals surface area (Å²) < 4.78 is 104. The van der Waals surface area contributed by atoms with E-state index >= 15 is 0 Å². The van der Waals surface area contributed by atoms with Gasteiger partial charge in [-0.25, -0.2) is 8.42 Å². The predicted octanol–water partition coefficient (Wildman–Crippen LogP) is 4.90. The van der Waals surface area contributed by atoms with Crippen LogP contribution in [-0.2, 0) is 22.4 Å². The predicted molar refractivity (Wildman–Crippen MR) is 88.4 cm³/mol. The van der Waals surface area contributed by atoms with Crippen molar-refractivity contribution >= 4 is 16.2 Å². The molecule has 0 bridgehead atoms. The van der Waals surface area contributed by atoms with Crippen LogP contribution in [0.15, 0.2) is 51.6 Å². The molecule has 11 heteroatoms. The summed E-state index contributed by atoms with van der Waals surface area (Å²) in [5.41, 5.74) is -3.04. The summed E-state index contributed by atoms with van der Waals surface area (Å²) >= 11 is 0. The zero-order valence-corrected chi connectivity index (χ0v) is 15.2. The highest BCUT2D eigenvalue weighted by molar-refractivity contribution is 7.89. The second-order valence-corrected chi connectivity index (χ2v) is 7.06. The average Bonchev–Trinajstić information content (AvgIpc) is 2.52. The van der Waals surface area contributed by atoms with Crippen molar-refractivity contribution in [1.82, 2.24) is 4.72 Å². The van der Waals surface area contributed by atoms with Gasteiger partial charge in [-0.3, -0.25) is 9.71 Å². The highest BCUT2D eigenvalue weighted by Gasteiger charge is 2.38. The molecule has 1 aromatic carbocycles. The van der Waals surface area contributed by atoms with Gasteiger partial charge in [0.05, 0.1) is 16.0 Å². The summed E-state index contributed by atoms with van der Waals surface area (Å²) in [5.74, 6) is 0. The Balaban J connectivity index is 3.44. The molecule has 1 aromatic rings. The number of hydrogen-bond acceptors (Lipinski definition) is 3. The maximum absolute atomic E-state index is 12.9. The lowest BCUT2D eigenvalue weighted by Gasteiger charge is -2.15. The normalized spacial score (nSPS) is 14.7. The van der Waals surface area contributed by atoms with Gasteiger partial charge in [0.25, 0.3) is 10.0 Å². The molecule has 0 spiro atoms. The third-order valence-electron chi connectivity index (χ3n) is 3.31. The average molecular weight is 414 g/mol. The fourth-order valence-electron chi connectivity index (χ4n) is 1.79. The largest absolute Gasteiger partial charge is 0.416 e. The molecule has 0 saturated carbocycles. The van der Waals surface area contributed by atoms with Crippen LogP contribution in [-0.4, -0.2) is 14.6 Å². The molecule has 0 unspecified atom stereocenters. The number of halogens is 6. The highest BCUT2D eigenvalue weighted by Crippen LogP contribution is 2.37. The van der Waals surface area contributed by atoms with E-state index in [4.69, 9.17) is 0 Å². The van der Waals surface area contributed by atoms with Crippen LogP contribution in [0.1, 0.15) is 31.9 Å². The smallest absolute Gasteiger partial charge is 0.283 e. The van der Waals surface area contributed by atoms with Crippen LogP contribution in [0.2, 0.25) is 0 Å². The Hall–Kier alpha value is -2.30. The molecular formula is C16H16F6N2O2S. The lowest BCUT2D eigenvalue weighted by atomic mass is 10.1. The Morgan fingerprint density at radius 1 is 1.00 bits per heavy atom. The van der Waals surface area contributed by atoms with Crippen molar-refractivity contribution < 1.29 is 34.8 Å². The molecule has 0 fully saturated rings. The first-order chi connectivity index (χ1) is 12.2. The van der Waals surface area contributed by atoms with Gasteiger partial charge in [-0.1, -0.05) is 0 Å². The zero-order valence-electron chi connectivity index (χ0n) is 14.4. The van der Waals surface area contributed by atoms with Gasteiger partial charge in [0.2, 0.25) is 0 Å². The molecule has 150 valence electrons. The van der Waals surface area contributed by atoms with E-state index in [1.807, 2.05) is 4.72 Å². The van der Waals surface area contributed by atoms with Crippen molar-refractivity contribution in [2.24, 2.45) is 4.99 Å². The maximum Gasteiger partial charge on any atom is 0.416 e. The number of rotatable bonds is 5. The summed E-state index contributed by atoms with van der Waals surface area (Å²) in [4.78, 5) is 2.61. The Labute approximate surface area is 152 Å². The minimum absolute atomic E-state index is 0.0172. The van der Waals surface area contributed by atoms with Crippen LogP contribution in [0, 0.1) is 0 Å². The van der Waals surface area contributed by atoms with Gasteiger partial charge in [-0.05, 0) is 50.6 Å². The first-order valence-corrected chi connectivity index (χ1v) is 8.81. The van der Waals surface area contributed by atoms with Crippen molar-refractivity contribution in [2.75, 3.05) is 0 Å². The van der Waals surface area contributed by atoms with Crippen molar-refractivity contribution in [3.05, 3.63) is 52.9 Å². The lowest BCUT2D eigenvalue weighted by molar-refractivity contribution is -0.143. The van der Waals surface area contributed by atoms with Gasteiger partial charge in [-0.2, -0.15) is 26.3 Å². The molecule has 1 rings (SSSR count). The van der Waals surface area contributed by atoms with Crippen LogP contribution >= 0.6 is 0 Å². The summed E-state index contributed by atoms with van der Waals surface area (Å²) in [7, 11) is -4.68. The first kappa shape index (κ1) is 22.7. The summed E-state index contributed by atoms with van der Waals surface area (Å²) in [6.07, 6.45) is -6.06. The molecule has 4 nitrogen and oxygen atoms in total. The van der Waals surface area contributed by atoms with Crippen LogP contribution in [0.4, 0.5) is 26.3 Å². The summed E-state index contributed by atoms with van der Waals surface area (Å²) in [5, 5.41) is 0. The number of hydrogen-bond donors (Lipinski definition) is 1. The molecule has 0 amide bonds. The van der Waals surface area contributed by atoms with Gasteiger partial charge in [0.15, 0.2) is 0 Å². The number of allylic oxidation sites excluding steroid dienone is 3. The SMILES string of the molecule is CC=N/C=C\C(C)=C(\C)NS(=O)(=O)c1cc(C(F)(F)F)cc(C(F)(F)F)c1. The van der Waals surface area contributed by atoms with E-state index in [0.717, 1.165) is 0 Å². The van der Waals surface area contributed by atoms with Gasteiger partial charge >= 0.3 is 12.4 Å². The third kappa shape index (κ3) is 6.42. The monoisotopic (exact) mass is 414 g/mol. The van der Waals surface area contributed by atoms with Crippen molar-refractivity contribution in [1.29, 1.82) is 0 Å². The van der Waals surface area contributed by atoms with E-state index in [1.165, 1.54) is 32.3 Å². The molecule has 0 heterocycles. The molecular weight excluding hydrogens is 398 g/mol. The molecule has 0 saturated heterocycles. The number of alkyl halides is 6. The minimum atomic E-state index is -5.15. The molecule has 27 heavy (non-hydrogen) atoms. The second-order valence-electron chi connectivity index (χ2n) is 5.38. The van der Waals surface area contributed by atoms with E-state index in [9.17, 15) is 34.8 Å². The van der Waals surface area contributed by atoms with E-state index in [-0.39, 0.29) is 23.9 Å². The van der Waals surface area contributed by atoms with Gasteiger partial charge in [0.1, 0.15) is 0 Å². The quantitative estimate of drug-likeness (QED) is 0.423. The Morgan fingerprint density at radius 3 is 1.89 bits per heavy atom. The fraction of sp³-hybridized carbons (Fsp3) is 0.312. The first-order valence-electron chi connectivity index (χ1n) is 7.32. The number of sulfonamides is 1. The Kier molecular flexibility index (Phi) is 6.87. The van der Waals surface area contributed by atoms with Crippen molar-refractivity contribution in [3.8, 4) is 0 Å². The molecule has 0 radical (unpaired) electrons. The standard InChI is InChI=1S/C16H16F6N2O2S/c1-4-23-6-5-10(2)11(3)24-27(25,26)14-8-12(15(17,18)19)7-13(9-14)16(20,21)22/h4-9,24H,1-3H3/b6-5-,11-10-,23-4?. The fourth-order valence-corrected chi connectivity index (χ4v) is 3.03. The Bertz CT molecular complexity index is 849. The molecule has 0 aliphatic carbocycles. The van der Waals surface area contributed by atoms with E-state index in [2.05, 4.69) is 4.99 Å². The van der Waals surface area contributed by atoms with E-state index in [1.54, 1.807) is 6.92 Å².